The minimum atomic E-state index is -0.273. The molecule has 0 bridgehead atoms. The highest BCUT2D eigenvalue weighted by atomic mass is 19.1. The zero-order chi connectivity index (χ0) is 13.9. The van der Waals surface area contributed by atoms with Gasteiger partial charge in [-0.25, -0.2) is 4.39 Å². The van der Waals surface area contributed by atoms with Crippen molar-refractivity contribution in [2.75, 3.05) is 13.1 Å². The number of likely N-dealkylation sites (tertiary alicyclic amines) is 1. The Morgan fingerprint density at radius 1 is 1.25 bits per heavy atom. The number of aromatic hydroxyl groups is 1. The maximum absolute atomic E-state index is 13.4. The second-order valence-corrected chi connectivity index (χ2v) is 6.01. The van der Waals surface area contributed by atoms with E-state index < -0.39 is 0 Å². The van der Waals surface area contributed by atoms with Crippen molar-refractivity contribution in [3.8, 4) is 5.75 Å². The van der Waals surface area contributed by atoms with Crippen molar-refractivity contribution >= 4 is 0 Å². The normalized spacial score (nSPS) is 27.9. The van der Waals surface area contributed by atoms with Crippen LogP contribution in [-0.2, 0) is 6.54 Å². The third-order valence-electron chi connectivity index (χ3n) is 4.64. The first-order valence-corrected chi connectivity index (χ1v) is 7.69. The Balaban J connectivity index is 1.74. The van der Waals surface area contributed by atoms with Crippen LogP contribution in [0.25, 0.3) is 0 Å². The maximum atomic E-state index is 13.4. The summed E-state index contributed by atoms with van der Waals surface area (Å²) in [7, 11) is 0. The third-order valence-corrected chi connectivity index (χ3v) is 4.64. The first kappa shape index (κ1) is 13.8. The van der Waals surface area contributed by atoms with Crippen LogP contribution in [0.2, 0.25) is 0 Å². The van der Waals surface area contributed by atoms with Gasteiger partial charge in [0, 0.05) is 24.2 Å². The Labute approximate surface area is 119 Å². The van der Waals surface area contributed by atoms with E-state index in [1.807, 2.05) is 0 Å². The summed E-state index contributed by atoms with van der Waals surface area (Å²) in [5.41, 5.74) is 0.704. The van der Waals surface area contributed by atoms with Gasteiger partial charge < -0.3 is 10.4 Å². The highest BCUT2D eigenvalue weighted by molar-refractivity contribution is 5.32. The fourth-order valence-corrected chi connectivity index (χ4v) is 3.61. The molecule has 0 aliphatic carbocycles. The number of piperidine rings is 1. The van der Waals surface area contributed by atoms with Gasteiger partial charge in [0.25, 0.3) is 0 Å². The Kier molecular flexibility index (Phi) is 4.22. The average molecular weight is 278 g/mol. The molecule has 110 valence electrons. The molecular formula is C16H23FN2O. The lowest BCUT2D eigenvalue weighted by Gasteiger charge is -2.39. The number of phenolic OH excluding ortho intramolecular Hbond substituents is 1. The lowest BCUT2D eigenvalue weighted by molar-refractivity contribution is 0.111. The van der Waals surface area contributed by atoms with Crippen molar-refractivity contribution in [1.29, 1.82) is 0 Å². The Morgan fingerprint density at radius 3 is 2.95 bits per heavy atom. The number of halogens is 1. The molecule has 1 aromatic carbocycles. The molecule has 2 aliphatic heterocycles. The molecule has 2 heterocycles. The molecule has 0 saturated carbocycles. The summed E-state index contributed by atoms with van der Waals surface area (Å²) in [6.45, 7) is 2.80. The quantitative estimate of drug-likeness (QED) is 0.892. The van der Waals surface area contributed by atoms with Crippen LogP contribution in [0.3, 0.4) is 0 Å². The molecule has 2 atom stereocenters. The molecular weight excluding hydrogens is 255 g/mol. The molecule has 0 amide bonds. The van der Waals surface area contributed by atoms with Crippen LogP contribution in [0.4, 0.5) is 4.39 Å². The minimum absolute atomic E-state index is 0.204. The number of hydrogen-bond acceptors (Lipinski definition) is 3. The molecule has 1 aromatic rings. The fourth-order valence-electron chi connectivity index (χ4n) is 3.61. The van der Waals surface area contributed by atoms with E-state index in [1.54, 1.807) is 0 Å². The van der Waals surface area contributed by atoms with Crippen molar-refractivity contribution in [3.05, 3.63) is 29.6 Å². The van der Waals surface area contributed by atoms with Gasteiger partial charge >= 0.3 is 0 Å². The van der Waals surface area contributed by atoms with Gasteiger partial charge in [-0.1, -0.05) is 6.42 Å². The van der Waals surface area contributed by atoms with E-state index >= 15 is 0 Å². The van der Waals surface area contributed by atoms with E-state index in [4.69, 9.17) is 0 Å². The Bertz CT molecular complexity index is 460. The van der Waals surface area contributed by atoms with Crippen molar-refractivity contribution in [2.45, 2.75) is 50.7 Å². The largest absolute Gasteiger partial charge is 0.508 e. The zero-order valence-electron chi connectivity index (χ0n) is 11.8. The molecule has 3 rings (SSSR count). The predicted molar refractivity (Wildman–Crippen MR) is 77.1 cm³/mol. The second-order valence-electron chi connectivity index (χ2n) is 6.01. The highest BCUT2D eigenvalue weighted by Gasteiger charge is 2.31. The topological polar surface area (TPSA) is 35.5 Å². The molecule has 2 aliphatic rings. The van der Waals surface area contributed by atoms with Crippen molar-refractivity contribution < 1.29 is 9.50 Å². The highest BCUT2D eigenvalue weighted by Crippen LogP contribution is 2.28. The number of nitrogens with one attached hydrogen (secondary N) is 1. The molecule has 0 radical (unpaired) electrons. The van der Waals surface area contributed by atoms with E-state index in [-0.39, 0.29) is 11.6 Å². The Morgan fingerprint density at radius 2 is 2.15 bits per heavy atom. The first-order valence-electron chi connectivity index (χ1n) is 7.69. The Hall–Kier alpha value is -1.13. The van der Waals surface area contributed by atoms with E-state index in [0.29, 0.717) is 24.2 Å². The minimum Gasteiger partial charge on any atom is -0.508 e. The van der Waals surface area contributed by atoms with E-state index in [2.05, 4.69) is 10.2 Å². The fraction of sp³-hybridized carbons (Fsp3) is 0.625. The van der Waals surface area contributed by atoms with Gasteiger partial charge in [-0.3, -0.25) is 4.90 Å². The first-order chi connectivity index (χ1) is 9.74. The van der Waals surface area contributed by atoms with Crippen molar-refractivity contribution in [2.24, 2.45) is 0 Å². The summed E-state index contributed by atoms with van der Waals surface area (Å²) in [6.07, 6.45) is 6.15. The van der Waals surface area contributed by atoms with Crippen LogP contribution < -0.4 is 5.32 Å². The maximum Gasteiger partial charge on any atom is 0.123 e. The molecule has 2 N–H and O–H groups in total. The molecule has 2 unspecified atom stereocenters. The van der Waals surface area contributed by atoms with Crippen LogP contribution in [0, 0.1) is 5.82 Å². The summed E-state index contributed by atoms with van der Waals surface area (Å²) >= 11 is 0. The van der Waals surface area contributed by atoms with E-state index in [0.717, 1.165) is 13.1 Å². The molecule has 0 spiro atoms. The summed E-state index contributed by atoms with van der Waals surface area (Å²) in [4.78, 5) is 2.42. The van der Waals surface area contributed by atoms with Gasteiger partial charge in [-0.05, 0) is 57.0 Å². The summed E-state index contributed by atoms with van der Waals surface area (Å²) in [5.74, 6) is -0.0690. The second kappa shape index (κ2) is 6.10. The zero-order valence-corrected chi connectivity index (χ0v) is 11.8. The molecule has 0 aromatic heterocycles. The summed E-state index contributed by atoms with van der Waals surface area (Å²) in [5, 5.41) is 13.5. The lowest BCUT2D eigenvalue weighted by atomic mass is 9.94. The average Bonchev–Trinajstić information content (AvgIpc) is 2.97. The van der Waals surface area contributed by atoms with E-state index in [9.17, 15) is 9.50 Å². The van der Waals surface area contributed by atoms with Gasteiger partial charge in [0.15, 0.2) is 0 Å². The lowest BCUT2D eigenvalue weighted by Crippen LogP contribution is -2.49. The van der Waals surface area contributed by atoms with E-state index in [1.165, 1.54) is 50.3 Å². The van der Waals surface area contributed by atoms with Crippen molar-refractivity contribution in [3.63, 3.8) is 0 Å². The van der Waals surface area contributed by atoms with Gasteiger partial charge in [0.2, 0.25) is 0 Å². The predicted octanol–water partition coefficient (Wildman–Crippen LogP) is 2.64. The molecule has 4 heteroatoms. The number of benzene rings is 1. The van der Waals surface area contributed by atoms with Crippen LogP contribution >= 0.6 is 0 Å². The van der Waals surface area contributed by atoms with Crippen molar-refractivity contribution in [1.82, 2.24) is 10.2 Å². The number of rotatable bonds is 3. The molecule has 20 heavy (non-hydrogen) atoms. The standard InChI is InChI=1S/C16H23FN2O/c17-13-6-7-16(20)12(10-13)11-19-9-2-1-5-15(19)14-4-3-8-18-14/h6-7,10,14-15,18,20H,1-5,8-9,11H2. The smallest absolute Gasteiger partial charge is 0.123 e. The molecule has 2 fully saturated rings. The SMILES string of the molecule is Oc1ccc(F)cc1CN1CCCCC1C1CCCN1. The summed E-state index contributed by atoms with van der Waals surface area (Å²) in [6, 6.07) is 5.31. The van der Waals surface area contributed by atoms with Gasteiger partial charge in [-0.15, -0.1) is 0 Å². The number of phenols is 1. The summed E-state index contributed by atoms with van der Waals surface area (Å²) < 4.78 is 13.4. The number of nitrogens with zero attached hydrogens (tertiary/aromatic N) is 1. The van der Waals surface area contributed by atoms with Crippen LogP contribution in [-0.4, -0.2) is 35.2 Å². The van der Waals surface area contributed by atoms with Gasteiger partial charge in [-0.2, -0.15) is 0 Å². The van der Waals surface area contributed by atoms with Gasteiger partial charge in [0.1, 0.15) is 11.6 Å². The van der Waals surface area contributed by atoms with Gasteiger partial charge in [0.05, 0.1) is 0 Å². The number of hydrogen-bond donors (Lipinski definition) is 2. The third kappa shape index (κ3) is 2.96. The molecule has 2 saturated heterocycles. The monoisotopic (exact) mass is 278 g/mol. The van der Waals surface area contributed by atoms with Crippen LogP contribution in [0.1, 0.15) is 37.7 Å². The van der Waals surface area contributed by atoms with Crippen LogP contribution in [0.5, 0.6) is 5.75 Å². The van der Waals surface area contributed by atoms with Crippen LogP contribution in [0.15, 0.2) is 18.2 Å². The molecule has 3 nitrogen and oxygen atoms in total.